The molecule has 5 rings (SSSR count). The Labute approximate surface area is 231 Å². The first-order valence-electron chi connectivity index (χ1n) is 13.0. The summed E-state index contributed by atoms with van der Waals surface area (Å²) in [6.07, 6.45) is 4.00. The Morgan fingerprint density at radius 2 is 1.49 bits per heavy atom. The molecule has 0 amide bonds. The first-order chi connectivity index (χ1) is 18.4. The van der Waals surface area contributed by atoms with Gasteiger partial charge in [0.1, 0.15) is 0 Å². The summed E-state index contributed by atoms with van der Waals surface area (Å²) >= 11 is 0. The molecule has 0 spiro atoms. The van der Waals surface area contributed by atoms with Crippen LogP contribution in [-0.4, -0.2) is 45.6 Å². The molecule has 1 saturated carbocycles. The molecule has 0 aliphatic heterocycles. The highest BCUT2D eigenvalue weighted by atomic mass is 32.2. The van der Waals surface area contributed by atoms with E-state index in [9.17, 15) is 8.42 Å². The normalized spacial score (nSPS) is 17.5. The third-order valence-electron chi connectivity index (χ3n) is 7.45. The predicted molar refractivity (Wildman–Crippen MR) is 161 cm³/mol. The minimum absolute atomic E-state index is 0. The third kappa shape index (κ3) is 6.24. The van der Waals surface area contributed by atoms with Crippen molar-refractivity contribution in [1.29, 1.82) is 0 Å². The van der Waals surface area contributed by atoms with Crippen molar-refractivity contribution in [1.82, 2.24) is 14.7 Å². The SMILES string of the molecule is C.CN(C)c1cccc2c(S(=O)(=O)NCC3CCC(CNc4nc(NN)c5ccccc5n4)CC3)cccc12. The maximum atomic E-state index is 13.3. The second-order valence-corrected chi connectivity index (χ2v) is 11.9. The van der Waals surface area contributed by atoms with Gasteiger partial charge < -0.3 is 15.6 Å². The van der Waals surface area contributed by atoms with Gasteiger partial charge in [-0.05, 0) is 61.8 Å². The van der Waals surface area contributed by atoms with Crippen LogP contribution in [0.2, 0.25) is 0 Å². The number of nitrogens with two attached hydrogens (primary N) is 1. The van der Waals surface area contributed by atoms with Crippen molar-refractivity contribution in [3.05, 3.63) is 60.7 Å². The third-order valence-corrected chi connectivity index (χ3v) is 8.93. The fourth-order valence-corrected chi connectivity index (χ4v) is 6.67. The van der Waals surface area contributed by atoms with Gasteiger partial charge in [-0.15, -0.1) is 0 Å². The quantitative estimate of drug-likeness (QED) is 0.170. The molecule has 0 atom stereocenters. The van der Waals surface area contributed by atoms with Gasteiger partial charge in [-0.2, -0.15) is 4.98 Å². The van der Waals surface area contributed by atoms with E-state index >= 15 is 0 Å². The average Bonchev–Trinajstić information content (AvgIpc) is 2.94. The first kappa shape index (κ1) is 28.5. The van der Waals surface area contributed by atoms with Gasteiger partial charge in [0.15, 0.2) is 5.82 Å². The Morgan fingerprint density at radius 3 is 2.21 bits per heavy atom. The van der Waals surface area contributed by atoms with E-state index in [-0.39, 0.29) is 7.43 Å². The molecule has 1 aliphatic rings. The van der Waals surface area contributed by atoms with Gasteiger partial charge in [0.25, 0.3) is 0 Å². The van der Waals surface area contributed by atoms with Crippen LogP contribution in [-0.2, 0) is 10.0 Å². The number of nitrogens with one attached hydrogen (secondary N) is 3. The molecule has 1 fully saturated rings. The van der Waals surface area contributed by atoms with E-state index in [1.165, 1.54) is 0 Å². The monoisotopic (exact) mass is 549 g/mol. The van der Waals surface area contributed by atoms with Crippen LogP contribution in [0, 0.1) is 11.8 Å². The zero-order valence-electron chi connectivity index (χ0n) is 21.8. The van der Waals surface area contributed by atoms with Crippen molar-refractivity contribution in [2.75, 3.05) is 42.8 Å². The van der Waals surface area contributed by atoms with Crippen LogP contribution in [0.5, 0.6) is 0 Å². The van der Waals surface area contributed by atoms with E-state index in [4.69, 9.17) is 5.84 Å². The smallest absolute Gasteiger partial charge is 0.241 e. The van der Waals surface area contributed by atoms with E-state index in [1.54, 1.807) is 6.07 Å². The number of aromatic nitrogens is 2. The van der Waals surface area contributed by atoms with Crippen LogP contribution in [0.1, 0.15) is 33.1 Å². The second kappa shape index (κ2) is 12.1. The molecule has 9 nitrogen and oxygen atoms in total. The molecule has 4 aromatic rings. The Morgan fingerprint density at radius 1 is 0.846 bits per heavy atom. The molecule has 3 aromatic carbocycles. The van der Waals surface area contributed by atoms with Gasteiger partial charge in [0.2, 0.25) is 16.0 Å². The fourth-order valence-electron chi connectivity index (χ4n) is 5.34. The summed E-state index contributed by atoms with van der Waals surface area (Å²) in [5.41, 5.74) is 4.49. The number of fused-ring (bicyclic) bond motifs is 2. The number of rotatable bonds is 9. The molecule has 0 radical (unpaired) electrons. The largest absolute Gasteiger partial charge is 0.377 e. The average molecular weight is 550 g/mol. The van der Waals surface area contributed by atoms with E-state index in [2.05, 4.69) is 25.4 Å². The number of nitrogens with zero attached hydrogens (tertiary/aromatic N) is 3. The number of sulfonamides is 1. The van der Waals surface area contributed by atoms with Crippen LogP contribution >= 0.6 is 0 Å². The van der Waals surface area contributed by atoms with Crippen molar-refractivity contribution in [3.8, 4) is 0 Å². The van der Waals surface area contributed by atoms with Crippen molar-refractivity contribution < 1.29 is 8.42 Å². The summed E-state index contributed by atoms with van der Waals surface area (Å²) in [4.78, 5) is 11.4. The number of hydrogen-bond acceptors (Lipinski definition) is 8. The zero-order chi connectivity index (χ0) is 26.7. The molecule has 208 valence electrons. The number of para-hydroxylation sites is 1. The van der Waals surface area contributed by atoms with Gasteiger partial charge in [0.05, 0.1) is 10.4 Å². The summed E-state index contributed by atoms with van der Waals surface area (Å²) in [5, 5.41) is 5.92. The van der Waals surface area contributed by atoms with Gasteiger partial charge in [-0.3, -0.25) is 0 Å². The summed E-state index contributed by atoms with van der Waals surface area (Å²) < 4.78 is 29.4. The Hall–Kier alpha value is -3.47. The van der Waals surface area contributed by atoms with Crippen LogP contribution in [0.4, 0.5) is 17.5 Å². The maximum Gasteiger partial charge on any atom is 0.241 e. The van der Waals surface area contributed by atoms with Gasteiger partial charge in [-0.25, -0.2) is 24.0 Å². The molecule has 1 heterocycles. The molecule has 0 saturated heterocycles. The number of anilines is 3. The molecular formula is C29H39N7O2S. The topological polar surface area (TPSA) is 125 Å². The second-order valence-electron chi connectivity index (χ2n) is 10.2. The number of hydrogen-bond donors (Lipinski definition) is 4. The van der Waals surface area contributed by atoms with Gasteiger partial charge in [0, 0.05) is 49.0 Å². The van der Waals surface area contributed by atoms with Crippen molar-refractivity contribution in [3.63, 3.8) is 0 Å². The predicted octanol–water partition coefficient (Wildman–Crippen LogP) is 4.97. The number of nitrogen functional groups attached to an aromatic ring is 1. The van der Waals surface area contributed by atoms with Crippen LogP contribution in [0.25, 0.3) is 21.7 Å². The zero-order valence-corrected chi connectivity index (χ0v) is 22.6. The lowest BCUT2D eigenvalue weighted by molar-refractivity contribution is 0.284. The van der Waals surface area contributed by atoms with Crippen molar-refractivity contribution >= 4 is 49.2 Å². The summed E-state index contributed by atoms with van der Waals surface area (Å²) in [6.45, 7) is 1.22. The Bertz CT molecular complexity index is 1530. The highest BCUT2D eigenvalue weighted by molar-refractivity contribution is 7.89. The minimum Gasteiger partial charge on any atom is -0.377 e. The molecule has 0 unspecified atom stereocenters. The maximum absolute atomic E-state index is 13.3. The molecule has 10 heteroatoms. The number of benzene rings is 3. The number of hydrazine groups is 1. The standard InChI is InChI=1S/C28H35N7O2S.CH4/c1-35(2)25-11-5-9-22-21(25)8-6-12-26(22)38(36,37)31-18-20-15-13-19(14-16-20)17-30-28-32-24-10-4-3-7-23(24)27(33-28)34-29;/h3-12,19-20,31H,13-18,29H2,1-2H3,(H2,30,32,33,34);1H4. The molecular weight excluding hydrogens is 510 g/mol. The minimum atomic E-state index is -3.63. The summed E-state index contributed by atoms with van der Waals surface area (Å²) in [7, 11) is 0.297. The summed E-state index contributed by atoms with van der Waals surface area (Å²) in [5.74, 6) is 7.61. The molecule has 0 bridgehead atoms. The van der Waals surface area contributed by atoms with E-state index < -0.39 is 10.0 Å². The lowest BCUT2D eigenvalue weighted by Gasteiger charge is -2.28. The van der Waals surface area contributed by atoms with Crippen LogP contribution in [0.3, 0.4) is 0 Å². The molecule has 5 N–H and O–H groups in total. The first-order valence-corrected chi connectivity index (χ1v) is 14.5. The van der Waals surface area contributed by atoms with Crippen LogP contribution < -0.4 is 26.2 Å². The van der Waals surface area contributed by atoms with Crippen molar-refractivity contribution in [2.45, 2.75) is 38.0 Å². The van der Waals surface area contributed by atoms with E-state index in [0.29, 0.717) is 35.0 Å². The molecule has 39 heavy (non-hydrogen) atoms. The van der Waals surface area contributed by atoms with Crippen molar-refractivity contribution in [2.24, 2.45) is 17.7 Å². The van der Waals surface area contributed by atoms with E-state index in [0.717, 1.165) is 59.6 Å². The Kier molecular flexibility index (Phi) is 8.89. The fraction of sp³-hybridized carbons (Fsp3) is 0.379. The Balaban J connectivity index is 0.00000353. The molecule has 1 aromatic heterocycles. The van der Waals surface area contributed by atoms with Gasteiger partial charge in [-0.1, -0.05) is 43.8 Å². The van der Waals surface area contributed by atoms with E-state index in [1.807, 2.05) is 73.6 Å². The highest BCUT2D eigenvalue weighted by Gasteiger charge is 2.24. The van der Waals surface area contributed by atoms with Crippen LogP contribution in [0.15, 0.2) is 65.6 Å². The highest BCUT2D eigenvalue weighted by Crippen LogP contribution is 2.32. The molecule has 1 aliphatic carbocycles. The lowest BCUT2D eigenvalue weighted by Crippen LogP contribution is -2.32. The lowest BCUT2D eigenvalue weighted by atomic mass is 9.82. The van der Waals surface area contributed by atoms with Gasteiger partial charge >= 0.3 is 0 Å². The summed E-state index contributed by atoms with van der Waals surface area (Å²) in [6, 6.07) is 19.0.